The molecular formula is C11H13BrN2OS. The Morgan fingerprint density at radius 1 is 1.31 bits per heavy atom. The first-order valence-corrected chi connectivity index (χ1v) is 7.21. The molecule has 5 heteroatoms. The van der Waals surface area contributed by atoms with Crippen LogP contribution in [0.25, 0.3) is 0 Å². The zero-order chi connectivity index (χ0) is 11.1. The average Bonchev–Trinajstić information content (AvgIpc) is 2.76. The molecule has 0 N–H and O–H groups in total. The summed E-state index contributed by atoms with van der Waals surface area (Å²) in [6, 6.07) is 0.0772. The second-order valence-electron chi connectivity index (χ2n) is 4.35. The number of fused-ring (bicyclic) bond motifs is 3. The molecular weight excluding hydrogens is 288 g/mol. The maximum absolute atomic E-state index is 12.4. The van der Waals surface area contributed by atoms with Crippen LogP contribution in [0.15, 0.2) is 15.2 Å². The van der Waals surface area contributed by atoms with Crippen LogP contribution in [0.5, 0.6) is 0 Å². The van der Waals surface area contributed by atoms with Crippen molar-refractivity contribution < 1.29 is 4.79 Å². The summed E-state index contributed by atoms with van der Waals surface area (Å²) in [7, 11) is 0. The fourth-order valence-corrected chi connectivity index (χ4v) is 3.98. The van der Waals surface area contributed by atoms with Crippen LogP contribution in [0, 0.1) is 0 Å². The molecule has 1 atom stereocenters. The van der Waals surface area contributed by atoms with Crippen LogP contribution in [0.2, 0.25) is 0 Å². The first kappa shape index (κ1) is 10.9. The van der Waals surface area contributed by atoms with Crippen molar-refractivity contribution in [2.45, 2.75) is 6.04 Å². The topological polar surface area (TPSA) is 23.6 Å². The third-order valence-electron chi connectivity index (χ3n) is 3.46. The van der Waals surface area contributed by atoms with Crippen LogP contribution in [-0.2, 0) is 0 Å². The van der Waals surface area contributed by atoms with Crippen molar-refractivity contribution in [1.82, 2.24) is 9.80 Å². The highest BCUT2D eigenvalue weighted by Gasteiger charge is 2.37. The summed E-state index contributed by atoms with van der Waals surface area (Å²) in [5, 5.41) is 3.93. The molecule has 1 aromatic rings. The van der Waals surface area contributed by atoms with Crippen LogP contribution in [0.4, 0.5) is 0 Å². The smallest absolute Gasteiger partial charge is 0.183 e. The summed E-state index contributed by atoms with van der Waals surface area (Å²) < 4.78 is 0.945. The third kappa shape index (κ3) is 1.76. The lowest BCUT2D eigenvalue weighted by Crippen LogP contribution is -2.63. The second-order valence-corrected chi connectivity index (χ2v) is 5.95. The quantitative estimate of drug-likeness (QED) is 0.777. The van der Waals surface area contributed by atoms with E-state index in [0.29, 0.717) is 0 Å². The van der Waals surface area contributed by atoms with E-state index in [-0.39, 0.29) is 11.8 Å². The van der Waals surface area contributed by atoms with Gasteiger partial charge in [0.1, 0.15) is 0 Å². The molecule has 0 aromatic carbocycles. The van der Waals surface area contributed by atoms with E-state index < -0.39 is 0 Å². The van der Waals surface area contributed by atoms with Crippen molar-refractivity contribution in [3.63, 3.8) is 0 Å². The number of thiophene rings is 1. The number of hydrogen-bond donors (Lipinski definition) is 0. The van der Waals surface area contributed by atoms with Gasteiger partial charge in [-0.25, -0.2) is 0 Å². The van der Waals surface area contributed by atoms with E-state index in [1.54, 1.807) is 11.3 Å². The molecule has 3 aliphatic heterocycles. The number of carbonyl (C=O) groups excluding carboxylic acids is 1. The van der Waals surface area contributed by atoms with E-state index in [1.165, 1.54) is 0 Å². The third-order valence-corrected chi connectivity index (χ3v) is 5.16. The van der Waals surface area contributed by atoms with Gasteiger partial charge in [0.2, 0.25) is 0 Å². The molecule has 0 radical (unpaired) electrons. The zero-order valence-electron chi connectivity index (χ0n) is 8.86. The number of Topliss-reactive ketones (excluding diaryl/α,β-unsaturated/α-hetero) is 1. The van der Waals surface area contributed by atoms with E-state index in [4.69, 9.17) is 0 Å². The van der Waals surface area contributed by atoms with Crippen LogP contribution >= 0.6 is 27.3 Å². The van der Waals surface area contributed by atoms with E-state index in [0.717, 1.165) is 42.8 Å². The maximum Gasteiger partial charge on any atom is 0.183 e. The molecule has 16 heavy (non-hydrogen) atoms. The second kappa shape index (κ2) is 4.22. The minimum Gasteiger partial charge on any atom is -0.299 e. The highest BCUT2D eigenvalue weighted by Crippen LogP contribution is 2.26. The SMILES string of the molecule is O=C(c1cscc1Br)C1CN2CCN1CC2. The predicted octanol–water partition coefficient (Wildman–Crippen LogP) is 1.69. The average molecular weight is 301 g/mol. The number of rotatable bonds is 2. The van der Waals surface area contributed by atoms with E-state index in [9.17, 15) is 4.79 Å². The fraction of sp³-hybridized carbons (Fsp3) is 0.545. The molecule has 86 valence electrons. The number of hydrogen-bond acceptors (Lipinski definition) is 4. The van der Waals surface area contributed by atoms with Crippen LogP contribution in [-0.4, -0.2) is 54.3 Å². The van der Waals surface area contributed by atoms with Gasteiger partial charge in [-0.2, -0.15) is 11.3 Å². The normalized spacial score (nSPS) is 32.9. The highest BCUT2D eigenvalue weighted by atomic mass is 79.9. The number of carbonyl (C=O) groups is 1. The lowest BCUT2D eigenvalue weighted by atomic mass is 10.0. The van der Waals surface area contributed by atoms with Crippen LogP contribution in [0.3, 0.4) is 0 Å². The van der Waals surface area contributed by atoms with Gasteiger partial charge in [0, 0.05) is 53.5 Å². The van der Waals surface area contributed by atoms with Gasteiger partial charge < -0.3 is 0 Å². The van der Waals surface area contributed by atoms with Gasteiger partial charge in [0.25, 0.3) is 0 Å². The molecule has 0 saturated carbocycles. The molecule has 3 fully saturated rings. The molecule has 3 saturated heterocycles. The number of halogens is 1. The summed E-state index contributed by atoms with van der Waals surface area (Å²) in [4.78, 5) is 17.1. The molecule has 0 amide bonds. The summed E-state index contributed by atoms with van der Waals surface area (Å²) in [6.45, 7) is 5.22. The van der Waals surface area contributed by atoms with Crippen molar-refractivity contribution in [2.75, 3.05) is 32.7 Å². The van der Waals surface area contributed by atoms with Gasteiger partial charge in [-0.15, -0.1) is 0 Å². The molecule has 3 nitrogen and oxygen atoms in total. The summed E-state index contributed by atoms with van der Waals surface area (Å²) in [6.07, 6.45) is 0. The lowest BCUT2D eigenvalue weighted by Gasteiger charge is -2.46. The van der Waals surface area contributed by atoms with E-state index >= 15 is 0 Å². The summed E-state index contributed by atoms with van der Waals surface area (Å²) in [5.41, 5.74) is 0.851. The first-order valence-electron chi connectivity index (χ1n) is 5.48. The van der Waals surface area contributed by atoms with Crippen molar-refractivity contribution >= 4 is 33.0 Å². The number of piperazine rings is 3. The van der Waals surface area contributed by atoms with Gasteiger partial charge in [0.05, 0.1) is 6.04 Å². The molecule has 4 heterocycles. The van der Waals surface area contributed by atoms with Crippen LogP contribution in [0.1, 0.15) is 10.4 Å². The molecule has 2 bridgehead atoms. The van der Waals surface area contributed by atoms with E-state index in [2.05, 4.69) is 25.7 Å². The van der Waals surface area contributed by atoms with E-state index in [1.807, 2.05) is 10.8 Å². The fourth-order valence-electron chi connectivity index (χ4n) is 2.50. The Bertz CT molecular complexity index is 412. The number of nitrogens with zero attached hydrogens (tertiary/aromatic N) is 2. The Hall–Kier alpha value is -0.230. The molecule has 1 aromatic heterocycles. The van der Waals surface area contributed by atoms with Crippen molar-refractivity contribution in [1.29, 1.82) is 0 Å². The van der Waals surface area contributed by atoms with Crippen molar-refractivity contribution in [3.8, 4) is 0 Å². The molecule has 3 aliphatic rings. The molecule has 0 spiro atoms. The molecule has 4 rings (SSSR count). The zero-order valence-corrected chi connectivity index (χ0v) is 11.3. The van der Waals surface area contributed by atoms with Gasteiger partial charge >= 0.3 is 0 Å². The Morgan fingerprint density at radius 3 is 2.56 bits per heavy atom. The Morgan fingerprint density at radius 2 is 2.06 bits per heavy atom. The Kier molecular flexibility index (Phi) is 2.87. The minimum atomic E-state index is 0.0772. The van der Waals surface area contributed by atoms with Gasteiger partial charge in [-0.1, -0.05) is 0 Å². The highest BCUT2D eigenvalue weighted by molar-refractivity contribution is 9.10. The van der Waals surface area contributed by atoms with Crippen LogP contribution < -0.4 is 0 Å². The molecule has 0 aliphatic carbocycles. The molecule has 1 unspecified atom stereocenters. The standard InChI is InChI=1S/C11H13BrN2OS/c12-9-7-16-6-8(9)11(15)10-5-13-1-3-14(10)4-2-13/h6-7,10H,1-5H2. The van der Waals surface area contributed by atoms with Gasteiger partial charge in [0.15, 0.2) is 5.78 Å². The monoisotopic (exact) mass is 300 g/mol. The minimum absolute atomic E-state index is 0.0772. The summed E-state index contributed by atoms with van der Waals surface area (Å²) >= 11 is 5.02. The lowest BCUT2D eigenvalue weighted by molar-refractivity contribution is 0.0159. The van der Waals surface area contributed by atoms with Gasteiger partial charge in [-0.3, -0.25) is 14.6 Å². The Balaban J connectivity index is 1.83. The first-order chi connectivity index (χ1) is 7.75. The predicted molar refractivity (Wildman–Crippen MR) is 68.2 cm³/mol. The maximum atomic E-state index is 12.4. The largest absolute Gasteiger partial charge is 0.299 e. The number of ketones is 1. The van der Waals surface area contributed by atoms with Gasteiger partial charge in [-0.05, 0) is 15.9 Å². The Labute approximate surface area is 107 Å². The summed E-state index contributed by atoms with van der Waals surface area (Å²) in [5.74, 6) is 0.275. The van der Waals surface area contributed by atoms with Crippen molar-refractivity contribution in [3.05, 3.63) is 20.8 Å². The van der Waals surface area contributed by atoms with Crippen molar-refractivity contribution in [2.24, 2.45) is 0 Å².